The molecular weight excluding hydrogens is 306 g/mol. The van der Waals surface area contributed by atoms with Crippen LogP contribution in [0.3, 0.4) is 0 Å². The van der Waals surface area contributed by atoms with Gasteiger partial charge in [0, 0.05) is 18.8 Å². The Balaban J connectivity index is 2.21. The van der Waals surface area contributed by atoms with Crippen molar-refractivity contribution in [2.24, 2.45) is 5.92 Å². The zero-order valence-corrected chi connectivity index (χ0v) is 13.3. The molecule has 0 aliphatic heterocycles. The van der Waals surface area contributed by atoms with E-state index in [1.54, 1.807) is 4.52 Å². The maximum Gasteiger partial charge on any atom is 0.243 e. The van der Waals surface area contributed by atoms with Gasteiger partial charge in [0.25, 0.3) is 0 Å². The number of halogens is 1. The molecule has 0 aromatic carbocycles. The van der Waals surface area contributed by atoms with Crippen LogP contribution in [-0.4, -0.2) is 46.2 Å². The number of anilines is 1. The van der Waals surface area contributed by atoms with Gasteiger partial charge in [0.15, 0.2) is 5.65 Å². The summed E-state index contributed by atoms with van der Waals surface area (Å²) in [6.07, 6.45) is 1.90. The molecule has 5 nitrogen and oxygen atoms in total. The van der Waals surface area contributed by atoms with Gasteiger partial charge < -0.3 is 10.2 Å². The molecule has 1 unspecified atom stereocenters. The summed E-state index contributed by atoms with van der Waals surface area (Å²) in [5, 5.41) is 7.87. The topological polar surface area (TPSA) is 45.5 Å². The van der Waals surface area contributed by atoms with Crippen LogP contribution in [0, 0.1) is 5.92 Å². The molecule has 1 atom stereocenters. The monoisotopic (exact) mass is 325 g/mol. The molecule has 0 spiro atoms. The molecule has 2 heterocycles. The molecule has 0 aliphatic carbocycles. The molecule has 2 aromatic rings. The number of rotatable bonds is 5. The first-order chi connectivity index (χ1) is 8.97. The standard InChI is InChI=1S/C13H20BrN5/c1-9(2)11(8-18(3)4)15-13-16-12-10(14)6-5-7-19(12)17-13/h5-7,9,11H,8H2,1-4H3,(H,15,17). The molecule has 0 radical (unpaired) electrons. The molecule has 1 N–H and O–H groups in total. The Labute approximate surface area is 122 Å². The molecule has 0 bridgehead atoms. The second kappa shape index (κ2) is 5.88. The van der Waals surface area contributed by atoms with E-state index in [4.69, 9.17) is 0 Å². The van der Waals surface area contributed by atoms with E-state index in [1.807, 2.05) is 18.3 Å². The van der Waals surface area contributed by atoms with Crippen LogP contribution in [0.1, 0.15) is 13.8 Å². The molecule has 0 saturated carbocycles. The molecule has 0 aliphatic rings. The van der Waals surface area contributed by atoms with Crippen molar-refractivity contribution in [3.8, 4) is 0 Å². The predicted molar refractivity (Wildman–Crippen MR) is 81.5 cm³/mol. The Kier molecular flexibility index (Phi) is 4.42. The normalized spacial score (nSPS) is 13.4. The number of hydrogen-bond donors (Lipinski definition) is 1. The molecule has 6 heteroatoms. The van der Waals surface area contributed by atoms with Gasteiger partial charge in [-0.25, -0.2) is 4.52 Å². The van der Waals surface area contributed by atoms with Gasteiger partial charge in [-0.05, 0) is 48.1 Å². The number of hydrogen-bond acceptors (Lipinski definition) is 4. The van der Waals surface area contributed by atoms with Crippen LogP contribution < -0.4 is 5.32 Å². The summed E-state index contributed by atoms with van der Waals surface area (Å²) in [4.78, 5) is 6.69. The first-order valence-corrected chi connectivity index (χ1v) is 7.19. The van der Waals surface area contributed by atoms with Crippen LogP contribution in [-0.2, 0) is 0 Å². The fourth-order valence-corrected chi connectivity index (χ4v) is 2.34. The van der Waals surface area contributed by atoms with Crippen LogP contribution in [0.4, 0.5) is 5.95 Å². The molecule has 104 valence electrons. The molecule has 0 saturated heterocycles. The van der Waals surface area contributed by atoms with Crippen LogP contribution in [0.25, 0.3) is 5.65 Å². The van der Waals surface area contributed by atoms with Gasteiger partial charge >= 0.3 is 0 Å². The summed E-state index contributed by atoms with van der Waals surface area (Å²) in [5.41, 5.74) is 0.831. The zero-order chi connectivity index (χ0) is 14.0. The molecule has 19 heavy (non-hydrogen) atoms. The zero-order valence-electron chi connectivity index (χ0n) is 11.8. The van der Waals surface area contributed by atoms with E-state index in [2.05, 4.69) is 64.2 Å². The van der Waals surface area contributed by atoms with Crippen molar-refractivity contribution in [3.63, 3.8) is 0 Å². The number of nitrogens with one attached hydrogen (secondary N) is 1. The average molecular weight is 326 g/mol. The van der Waals surface area contributed by atoms with Crippen LogP contribution in [0.2, 0.25) is 0 Å². The number of nitrogens with zero attached hydrogens (tertiary/aromatic N) is 4. The predicted octanol–water partition coefficient (Wildman–Crippen LogP) is 2.49. The number of aromatic nitrogens is 3. The van der Waals surface area contributed by atoms with Gasteiger partial charge in [-0.1, -0.05) is 13.8 Å². The van der Waals surface area contributed by atoms with Crippen LogP contribution in [0.5, 0.6) is 0 Å². The van der Waals surface area contributed by atoms with E-state index < -0.39 is 0 Å². The summed E-state index contributed by atoms with van der Waals surface area (Å²) in [7, 11) is 4.15. The maximum absolute atomic E-state index is 4.52. The summed E-state index contributed by atoms with van der Waals surface area (Å²) in [6.45, 7) is 5.36. The second-order valence-corrected chi connectivity index (χ2v) is 6.17. The lowest BCUT2D eigenvalue weighted by atomic mass is 10.0. The summed E-state index contributed by atoms with van der Waals surface area (Å²) < 4.78 is 2.73. The Morgan fingerprint density at radius 3 is 2.74 bits per heavy atom. The minimum absolute atomic E-state index is 0.325. The lowest BCUT2D eigenvalue weighted by Gasteiger charge is -2.24. The van der Waals surface area contributed by atoms with Crippen molar-refractivity contribution in [1.82, 2.24) is 19.5 Å². The maximum atomic E-state index is 4.52. The van der Waals surface area contributed by atoms with Crippen molar-refractivity contribution in [2.45, 2.75) is 19.9 Å². The highest BCUT2D eigenvalue weighted by Crippen LogP contribution is 2.18. The highest BCUT2D eigenvalue weighted by molar-refractivity contribution is 9.10. The van der Waals surface area contributed by atoms with E-state index in [0.717, 1.165) is 16.7 Å². The second-order valence-electron chi connectivity index (χ2n) is 5.32. The van der Waals surface area contributed by atoms with Crippen LogP contribution >= 0.6 is 15.9 Å². The Morgan fingerprint density at radius 1 is 1.42 bits per heavy atom. The highest BCUT2D eigenvalue weighted by atomic mass is 79.9. The number of likely N-dealkylation sites (N-methyl/N-ethyl adjacent to an activating group) is 1. The SMILES string of the molecule is CC(C)C(CN(C)C)Nc1nc2c(Br)cccn2n1. The van der Waals surface area contributed by atoms with Crippen molar-refractivity contribution in [2.75, 3.05) is 26.0 Å². The Morgan fingerprint density at radius 2 is 2.16 bits per heavy atom. The minimum Gasteiger partial charge on any atom is -0.349 e. The highest BCUT2D eigenvalue weighted by Gasteiger charge is 2.16. The van der Waals surface area contributed by atoms with Crippen molar-refractivity contribution in [3.05, 3.63) is 22.8 Å². The number of fused-ring (bicyclic) bond motifs is 1. The van der Waals surface area contributed by atoms with Gasteiger partial charge in [-0.3, -0.25) is 0 Å². The summed E-state index contributed by atoms with van der Waals surface area (Å²) in [6, 6.07) is 4.23. The Bertz CT molecular complexity index is 549. The number of pyridine rings is 1. The third-order valence-corrected chi connectivity index (χ3v) is 3.61. The molecule has 0 amide bonds. The minimum atomic E-state index is 0.325. The van der Waals surface area contributed by atoms with Gasteiger partial charge in [0.1, 0.15) is 0 Å². The molecular formula is C13H20BrN5. The van der Waals surface area contributed by atoms with E-state index in [9.17, 15) is 0 Å². The first-order valence-electron chi connectivity index (χ1n) is 6.39. The molecule has 2 aromatic heterocycles. The largest absolute Gasteiger partial charge is 0.349 e. The summed E-state index contributed by atoms with van der Waals surface area (Å²) >= 11 is 3.49. The fourth-order valence-electron chi connectivity index (χ4n) is 1.92. The smallest absolute Gasteiger partial charge is 0.243 e. The molecule has 0 fully saturated rings. The fraction of sp³-hybridized carbons (Fsp3) is 0.538. The lowest BCUT2D eigenvalue weighted by molar-refractivity contribution is 0.343. The van der Waals surface area contributed by atoms with Gasteiger partial charge in [-0.2, -0.15) is 4.98 Å². The van der Waals surface area contributed by atoms with Crippen molar-refractivity contribution >= 4 is 27.5 Å². The van der Waals surface area contributed by atoms with E-state index in [0.29, 0.717) is 17.9 Å². The molecule has 2 rings (SSSR count). The average Bonchev–Trinajstić information content (AvgIpc) is 2.71. The third-order valence-electron chi connectivity index (χ3n) is 3.00. The first kappa shape index (κ1) is 14.3. The summed E-state index contributed by atoms with van der Waals surface area (Å²) in [5.74, 6) is 1.19. The quantitative estimate of drug-likeness (QED) is 0.917. The third kappa shape index (κ3) is 3.45. The van der Waals surface area contributed by atoms with E-state index in [1.165, 1.54) is 0 Å². The van der Waals surface area contributed by atoms with Crippen LogP contribution in [0.15, 0.2) is 22.8 Å². The lowest BCUT2D eigenvalue weighted by Crippen LogP contribution is -2.36. The Hall–Kier alpha value is -1.14. The van der Waals surface area contributed by atoms with Crippen molar-refractivity contribution < 1.29 is 0 Å². The van der Waals surface area contributed by atoms with Crippen molar-refractivity contribution in [1.29, 1.82) is 0 Å². The van der Waals surface area contributed by atoms with Gasteiger partial charge in [0.2, 0.25) is 5.95 Å². The van der Waals surface area contributed by atoms with Gasteiger partial charge in [0.05, 0.1) is 4.47 Å². The van der Waals surface area contributed by atoms with E-state index >= 15 is 0 Å². The van der Waals surface area contributed by atoms with Gasteiger partial charge in [-0.15, -0.1) is 5.10 Å². The van der Waals surface area contributed by atoms with E-state index in [-0.39, 0.29) is 0 Å².